The number of benzene rings is 2. The third-order valence-electron chi connectivity index (χ3n) is 7.44. The van der Waals surface area contributed by atoms with Gasteiger partial charge in [0.05, 0.1) is 25.2 Å². The van der Waals surface area contributed by atoms with E-state index in [0.717, 1.165) is 86.0 Å². The van der Waals surface area contributed by atoms with Gasteiger partial charge in [0, 0.05) is 49.5 Å². The van der Waals surface area contributed by atoms with Crippen LogP contribution in [0.3, 0.4) is 0 Å². The molecular weight excluding hydrogens is 464 g/mol. The number of piperidine rings is 1. The minimum absolute atomic E-state index is 0.0454. The van der Waals surface area contributed by atoms with Crippen LogP contribution in [0.5, 0.6) is 0 Å². The summed E-state index contributed by atoms with van der Waals surface area (Å²) in [7, 11) is 0. The Kier molecular flexibility index (Phi) is 6.84. The summed E-state index contributed by atoms with van der Waals surface area (Å²) in [4.78, 5) is 17.7. The number of hydrogen-bond acceptors (Lipinski definition) is 6. The molecule has 2 fully saturated rings. The maximum atomic E-state index is 12.8. The van der Waals surface area contributed by atoms with E-state index in [1.807, 2.05) is 59.3 Å². The first-order chi connectivity index (χ1) is 18.2. The van der Waals surface area contributed by atoms with Gasteiger partial charge >= 0.3 is 0 Å². The second kappa shape index (κ2) is 10.7. The fourth-order valence-electron chi connectivity index (χ4n) is 5.50. The molecule has 0 spiro atoms. The molecule has 2 aromatic carbocycles. The molecule has 0 saturated carbocycles. The standard InChI is InChI=1S/C29H32N6O2/c36-29(30-23-6-2-1-3-7-23)20-22-21-35(26-9-5-4-8-25(22)26)28-11-10-27(31-32-28)34-14-12-24(13-15-34)33-16-18-37-19-17-33/h1-11,21,24H,12-20H2,(H,30,36). The van der Waals surface area contributed by atoms with Gasteiger partial charge in [0.2, 0.25) is 5.91 Å². The first kappa shape index (κ1) is 23.6. The topological polar surface area (TPSA) is 75.5 Å². The first-order valence-electron chi connectivity index (χ1n) is 13.1. The van der Waals surface area contributed by atoms with E-state index < -0.39 is 0 Å². The lowest BCUT2D eigenvalue weighted by Gasteiger charge is -2.40. The van der Waals surface area contributed by atoms with E-state index in [-0.39, 0.29) is 12.3 Å². The summed E-state index contributed by atoms with van der Waals surface area (Å²) in [6.45, 7) is 5.76. The summed E-state index contributed by atoms with van der Waals surface area (Å²) >= 11 is 0. The van der Waals surface area contributed by atoms with Crippen LogP contribution < -0.4 is 10.2 Å². The summed E-state index contributed by atoms with van der Waals surface area (Å²) in [6.07, 6.45) is 4.57. The van der Waals surface area contributed by atoms with Crippen molar-refractivity contribution in [3.8, 4) is 5.82 Å². The van der Waals surface area contributed by atoms with Crippen LogP contribution in [0.25, 0.3) is 16.7 Å². The van der Waals surface area contributed by atoms with E-state index in [0.29, 0.717) is 6.04 Å². The Morgan fingerprint density at radius 2 is 1.57 bits per heavy atom. The highest BCUT2D eigenvalue weighted by Gasteiger charge is 2.26. The molecule has 8 heteroatoms. The number of morpholine rings is 1. The Balaban J connectivity index is 1.16. The molecule has 0 bridgehead atoms. The Labute approximate surface area is 216 Å². The number of aromatic nitrogens is 3. The molecule has 6 rings (SSSR count). The average molecular weight is 497 g/mol. The van der Waals surface area contributed by atoms with Gasteiger partial charge in [-0.05, 0) is 48.7 Å². The third kappa shape index (κ3) is 5.21. The maximum Gasteiger partial charge on any atom is 0.228 e. The van der Waals surface area contributed by atoms with Crippen LogP contribution in [0.1, 0.15) is 18.4 Å². The Hall–Kier alpha value is -3.75. The maximum absolute atomic E-state index is 12.8. The van der Waals surface area contributed by atoms with Crippen LogP contribution in [0.15, 0.2) is 72.9 Å². The van der Waals surface area contributed by atoms with E-state index in [1.165, 1.54) is 0 Å². The lowest BCUT2D eigenvalue weighted by Crippen LogP contribution is -2.49. The Morgan fingerprint density at radius 1 is 0.865 bits per heavy atom. The summed E-state index contributed by atoms with van der Waals surface area (Å²) < 4.78 is 7.54. The zero-order valence-corrected chi connectivity index (χ0v) is 20.9. The summed E-state index contributed by atoms with van der Waals surface area (Å²) in [6, 6.07) is 22.4. The highest BCUT2D eigenvalue weighted by atomic mass is 16.5. The van der Waals surface area contributed by atoms with Gasteiger partial charge in [-0.2, -0.15) is 0 Å². The van der Waals surface area contributed by atoms with E-state index in [2.05, 4.69) is 43.5 Å². The second-order valence-corrected chi connectivity index (χ2v) is 9.75. The number of carbonyl (C=O) groups is 1. The van der Waals surface area contributed by atoms with Crippen LogP contribution >= 0.6 is 0 Å². The monoisotopic (exact) mass is 496 g/mol. The van der Waals surface area contributed by atoms with Crippen LogP contribution in [-0.4, -0.2) is 71.0 Å². The number of hydrogen-bond donors (Lipinski definition) is 1. The normalized spacial score (nSPS) is 17.2. The lowest BCUT2D eigenvalue weighted by molar-refractivity contribution is -0.115. The van der Waals surface area contributed by atoms with Gasteiger partial charge in [0.1, 0.15) is 0 Å². The summed E-state index contributed by atoms with van der Waals surface area (Å²) in [5.41, 5.74) is 2.77. The Bertz CT molecular complexity index is 1340. The largest absolute Gasteiger partial charge is 0.379 e. The number of amides is 1. The van der Waals surface area contributed by atoms with Gasteiger partial charge in [-0.3, -0.25) is 14.3 Å². The minimum atomic E-state index is -0.0454. The fourth-order valence-corrected chi connectivity index (χ4v) is 5.50. The molecule has 1 N–H and O–H groups in total. The highest BCUT2D eigenvalue weighted by Crippen LogP contribution is 2.26. The second-order valence-electron chi connectivity index (χ2n) is 9.75. The van der Waals surface area contributed by atoms with Crippen LogP contribution in [0.4, 0.5) is 11.5 Å². The fraction of sp³-hybridized carbons (Fsp3) is 0.345. The van der Waals surface area contributed by atoms with E-state index >= 15 is 0 Å². The molecule has 4 aromatic rings. The van der Waals surface area contributed by atoms with Gasteiger partial charge in [0.15, 0.2) is 11.6 Å². The van der Waals surface area contributed by atoms with Crippen molar-refractivity contribution in [2.24, 2.45) is 0 Å². The van der Waals surface area contributed by atoms with Crippen molar-refractivity contribution in [3.05, 3.63) is 78.5 Å². The molecule has 0 aliphatic carbocycles. The number of anilines is 2. The lowest BCUT2D eigenvalue weighted by atomic mass is 10.0. The third-order valence-corrected chi connectivity index (χ3v) is 7.44. The minimum Gasteiger partial charge on any atom is -0.379 e. The van der Waals surface area contributed by atoms with E-state index in [9.17, 15) is 4.79 Å². The molecule has 190 valence electrons. The van der Waals surface area contributed by atoms with Crippen molar-refractivity contribution >= 4 is 28.3 Å². The van der Waals surface area contributed by atoms with Crippen molar-refractivity contribution in [1.29, 1.82) is 0 Å². The first-order valence-corrected chi connectivity index (χ1v) is 13.1. The van der Waals surface area contributed by atoms with Crippen molar-refractivity contribution in [3.63, 3.8) is 0 Å². The number of nitrogens with zero attached hydrogens (tertiary/aromatic N) is 5. The number of ether oxygens (including phenoxy) is 1. The van der Waals surface area contributed by atoms with Gasteiger partial charge in [0.25, 0.3) is 0 Å². The molecule has 1 amide bonds. The molecule has 0 unspecified atom stereocenters. The zero-order valence-electron chi connectivity index (χ0n) is 20.9. The average Bonchev–Trinajstić information content (AvgIpc) is 3.32. The molecule has 2 aliphatic rings. The molecule has 37 heavy (non-hydrogen) atoms. The molecule has 2 saturated heterocycles. The number of carbonyl (C=O) groups excluding carboxylic acids is 1. The SMILES string of the molecule is O=C(Cc1cn(-c2ccc(N3CCC(N4CCOCC4)CC3)nn2)c2ccccc12)Nc1ccccc1. The molecule has 4 heterocycles. The number of fused-ring (bicyclic) bond motifs is 1. The van der Waals surface area contributed by atoms with Gasteiger partial charge < -0.3 is 15.0 Å². The number of para-hydroxylation sites is 2. The molecule has 2 aromatic heterocycles. The van der Waals surface area contributed by atoms with Crippen molar-refractivity contribution in [2.75, 3.05) is 49.6 Å². The number of rotatable bonds is 6. The molecule has 2 aliphatic heterocycles. The number of nitrogens with one attached hydrogen (secondary N) is 1. The predicted molar refractivity (Wildman–Crippen MR) is 145 cm³/mol. The van der Waals surface area contributed by atoms with Gasteiger partial charge in [-0.25, -0.2) is 0 Å². The van der Waals surface area contributed by atoms with Crippen LogP contribution in [0.2, 0.25) is 0 Å². The zero-order chi connectivity index (χ0) is 25.0. The predicted octanol–water partition coefficient (Wildman–Crippen LogP) is 3.90. The quantitative estimate of drug-likeness (QED) is 0.436. The van der Waals surface area contributed by atoms with Gasteiger partial charge in [-0.1, -0.05) is 36.4 Å². The van der Waals surface area contributed by atoms with Gasteiger partial charge in [-0.15, -0.1) is 10.2 Å². The van der Waals surface area contributed by atoms with E-state index in [1.54, 1.807) is 0 Å². The van der Waals surface area contributed by atoms with Crippen molar-refractivity contribution in [2.45, 2.75) is 25.3 Å². The molecule has 0 atom stereocenters. The Morgan fingerprint density at radius 3 is 2.32 bits per heavy atom. The van der Waals surface area contributed by atoms with Crippen LogP contribution in [-0.2, 0) is 16.0 Å². The molecular formula is C29H32N6O2. The molecule has 0 radical (unpaired) electrons. The van der Waals surface area contributed by atoms with Crippen molar-refractivity contribution < 1.29 is 9.53 Å². The van der Waals surface area contributed by atoms with Crippen LogP contribution in [0, 0.1) is 0 Å². The molecule has 8 nitrogen and oxygen atoms in total. The van der Waals surface area contributed by atoms with Crippen molar-refractivity contribution in [1.82, 2.24) is 19.7 Å². The van der Waals surface area contributed by atoms with E-state index in [4.69, 9.17) is 4.74 Å². The summed E-state index contributed by atoms with van der Waals surface area (Å²) in [5.74, 6) is 1.62. The highest BCUT2D eigenvalue weighted by molar-refractivity contribution is 5.96. The smallest absolute Gasteiger partial charge is 0.228 e. The summed E-state index contributed by atoms with van der Waals surface area (Å²) in [5, 5.41) is 13.2.